The van der Waals surface area contributed by atoms with Crippen LogP contribution in [0.25, 0.3) is 10.9 Å². The number of aromatic nitrogens is 3. The van der Waals surface area contributed by atoms with Gasteiger partial charge in [0.25, 0.3) is 0 Å². The minimum Gasteiger partial charge on any atom is -0.337 e. The molecular weight excluding hydrogens is 350 g/mol. The molecule has 1 aliphatic heterocycles. The predicted octanol–water partition coefficient (Wildman–Crippen LogP) is 1.44. The Balaban J connectivity index is 1.69. The van der Waals surface area contributed by atoms with E-state index < -0.39 is 10.0 Å². The summed E-state index contributed by atoms with van der Waals surface area (Å²) in [4.78, 5) is 8.75. The lowest BCUT2D eigenvalue weighted by Crippen LogP contribution is -2.49. The molecule has 0 aliphatic carbocycles. The Labute approximate surface area is 152 Å². The van der Waals surface area contributed by atoms with Crippen LogP contribution in [-0.2, 0) is 22.8 Å². The van der Waals surface area contributed by atoms with Crippen LogP contribution in [0.3, 0.4) is 0 Å². The Bertz CT molecular complexity index is 1030. The average molecular weight is 371 g/mol. The van der Waals surface area contributed by atoms with Crippen molar-refractivity contribution in [2.45, 2.75) is 11.8 Å². The molecule has 1 atom stereocenters. The summed E-state index contributed by atoms with van der Waals surface area (Å²) in [5.41, 5.74) is 1.46. The van der Waals surface area contributed by atoms with Gasteiger partial charge in [0, 0.05) is 50.7 Å². The van der Waals surface area contributed by atoms with Gasteiger partial charge in [-0.15, -0.1) is 0 Å². The Kier molecular flexibility index (Phi) is 4.47. The largest absolute Gasteiger partial charge is 0.337 e. The molecule has 3 aromatic rings. The van der Waals surface area contributed by atoms with Crippen molar-refractivity contribution in [3.05, 3.63) is 60.3 Å². The summed E-state index contributed by atoms with van der Waals surface area (Å²) >= 11 is 0. The van der Waals surface area contributed by atoms with Crippen LogP contribution in [0, 0.1) is 0 Å². The molecule has 0 amide bonds. The molecule has 2 aromatic heterocycles. The van der Waals surface area contributed by atoms with Gasteiger partial charge in [-0.3, -0.25) is 4.98 Å². The first-order valence-electron chi connectivity index (χ1n) is 8.56. The number of hydrogen-bond acceptors (Lipinski definition) is 5. The monoisotopic (exact) mass is 371 g/mol. The molecule has 26 heavy (non-hydrogen) atoms. The van der Waals surface area contributed by atoms with Crippen molar-refractivity contribution in [2.24, 2.45) is 7.05 Å². The van der Waals surface area contributed by atoms with E-state index in [1.165, 1.54) is 0 Å². The molecule has 0 bridgehead atoms. The maximum atomic E-state index is 13.2. The minimum absolute atomic E-state index is 0.0672. The smallest absolute Gasteiger partial charge is 0.219 e. The van der Waals surface area contributed by atoms with Gasteiger partial charge in [-0.1, -0.05) is 24.3 Å². The molecule has 0 saturated carbocycles. The second-order valence-corrected chi connectivity index (χ2v) is 8.40. The molecule has 1 N–H and O–H groups in total. The molecule has 0 spiro atoms. The topological polar surface area (TPSA) is 80.1 Å². The van der Waals surface area contributed by atoms with Gasteiger partial charge in [0.05, 0.1) is 17.3 Å². The number of rotatable bonds is 4. The maximum Gasteiger partial charge on any atom is 0.219 e. The highest BCUT2D eigenvalue weighted by molar-refractivity contribution is 7.88. The highest BCUT2D eigenvalue weighted by Crippen LogP contribution is 2.27. The van der Waals surface area contributed by atoms with Crippen molar-refractivity contribution in [1.82, 2.24) is 24.2 Å². The van der Waals surface area contributed by atoms with Crippen LogP contribution in [0.4, 0.5) is 0 Å². The van der Waals surface area contributed by atoms with Gasteiger partial charge in [-0.05, 0) is 11.6 Å². The zero-order valence-corrected chi connectivity index (χ0v) is 15.4. The molecule has 1 unspecified atom stereocenters. The van der Waals surface area contributed by atoms with E-state index in [0.29, 0.717) is 19.6 Å². The van der Waals surface area contributed by atoms with Gasteiger partial charge in [-0.25, -0.2) is 13.4 Å². The molecule has 1 saturated heterocycles. The van der Waals surface area contributed by atoms with Crippen molar-refractivity contribution in [1.29, 1.82) is 0 Å². The third kappa shape index (κ3) is 3.11. The fourth-order valence-electron chi connectivity index (χ4n) is 3.50. The highest BCUT2D eigenvalue weighted by Gasteiger charge is 2.35. The quantitative estimate of drug-likeness (QED) is 0.751. The predicted molar refractivity (Wildman–Crippen MR) is 99.9 cm³/mol. The lowest BCUT2D eigenvalue weighted by atomic mass is 10.1. The first-order chi connectivity index (χ1) is 12.6. The Hall–Kier alpha value is -2.29. The third-order valence-corrected chi connectivity index (χ3v) is 6.59. The number of aryl methyl sites for hydroxylation is 1. The Morgan fingerprint density at radius 1 is 1.19 bits per heavy atom. The molecule has 7 nitrogen and oxygen atoms in total. The van der Waals surface area contributed by atoms with Crippen molar-refractivity contribution in [3.63, 3.8) is 0 Å². The van der Waals surface area contributed by atoms with E-state index in [9.17, 15) is 8.42 Å². The van der Waals surface area contributed by atoms with E-state index >= 15 is 0 Å². The number of piperazine rings is 1. The lowest BCUT2D eigenvalue weighted by Gasteiger charge is -2.34. The molecule has 1 aliphatic rings. The number of benzene rings is 1. The number of hydrogen-bond donors (Lipinski definition) is 1. The van der Waals surface area contributed by atoms with E-state index in [0.717, 1.165) is 22.3 Å². The molecule has 4 rings (SSSR count). The van der Waals surface area contributed by atoms with Gasteiger partial charge in [0.15, 0.2) is 0 Å². The zero-order chi connectivity index (χ0) is 18.1. The SMILES string of the molecule is Cn1ccnc1C1CNCCN1S(=O)(=O)Cc1cccc2cccnc12. The lowest BCUT2D eigenvalue weighted by molar-refractivity contribution is 0.258. The van der Waals surface area contributed by atoms with Gasteiger partial charge in [0.1, 0.15) is 5.82 Å². The summed E-state index contributed by atoms with van der Waals surface area (Å²) in [5, 5.41) is 4.22. The number of pyridine rings is 1. The molecule has 1 fully saturated rings. The molecule has 3 heterocycles. The highest BCUT2D eigenvalue weighted by atomic mass is 32.2. The number of nitrogens with zero attached hydrogens (tertiary/aromatic N) is 4. The van der Waals surface area contributed by atoms with E-state index in [2.05, 4.69) is 15.3 Å². The first-order valence-corrected chi connectivity index (χ1v) is 10.2. The molecule has 8 heteroatoms. The van der Waals surface area contributed by atoms with Gasteiger partial charge < -0.3 is 9.88 Å². The van der Waals surface area contributed by atoms with Crippen LogP contribution >= 0.6 is 0 Å². The van der Waals surface area contributed by atoms with Crippen molar-refractivity contribution < 1.29 is 8.42 Å². The second kappa shape index (κ2) is 6.79. The second-order valence-electron chi connectivity index (χ2n) is 6.48. The minimum atomic E-state index is -3.52. The van der Waals surface area contributed by atoms with Gasteiger partial charge in [0.2, 0.25) is 10.0 Å². The van der Waals surface area contributed by atoms with Crippen LogP contribution in [0.15, 0.2) is 48.9 Å². The van der Waals surface area contributed by atoms with E-state index in [-0.39, 0.29) is 11.8 Å². The standard InChI is InChI=1S/C18H21N5O2S/c1-22-10-9-21-18(22)16-12-19-8-11-23(16)26(24,25)13-15-5-2-4-14-6-3-7-20-17(14)15/h2-7,9-10,16,19H,8,11-13H2,1H3. The molecule has 1 aromatic carbocycles. The summed E-state index contributed by atoms with van der Waals surface area (Å²) in [6, 6.07) is 9.15. The summed E-state index contributed by atoms with van der Waals surface area (Å²) < 4.78 is 29.9. The van der Waals surface area contributed by atoms with Crippen molar-refractivity contribution >= 4 is 20.9 Å². The fraction of sp³-hybridized carbons (Fsp3) is 0.333. The molecule has 0 radical (unpaired) electrons. The number of imidazole rings is 1. The summed E-state index contributed by atoms with van der Waals surface area (Å²) in [6.45, 7) is 1.61. The summed E-state index contributed by atoms with van der Waals surface area (Å²) in [7, 11) is -1.63. The Morgan fingerprint density at radius 2 is 2.04 bits per heavy atom. The number of nitrogens with one attached hydrogen (secondary N) is 1. The first kappa shape index (κ1) is 17.1. The van der Waals surface area contributed by atoms with Crippen LogP contribution < -0.4 is 5.32 Å². The molecular formula is C18H21N5O2S. The number of sulfonamides is 1. The van der Waals surface area contributed by atoms with Crippen LogP contribution in [0.1, 0.15) is 17.4 Å². The normalized spacial score (nSPS) is 19.0. The van der Waals surface area contributed by atoms with Crippen molar-refractivity contribution in [2.75, 3.05) is 19.6 Å². The van der Waals surface area contributed by atoms with Gasteiger partial charge in [-0.2, -0.15) is 4.31 Å². The van der Waals surface area contributed by atoms with Gasteiger partial charge >= 0.3 is 0 Å². The Morgan fingerprint density at radius 3 is 2.85 bits per heavy atom. The van der Waals surface area contributed by atoms with E-state index in [4.69, 9.17) is 0 Å². The summed E-state index contributed by atoms with van der Waals surface area (Å²) in [5.74, 6) is 0.680. The number of fused-ring (bicyclic) bond motifs is 1. The zero-order valence-electron chi connectivity index (χ0n) is 14.5. The van der Waals surface area contributed by atoms with Crippen LogP contribution in [0.2, 0.25) is 0 Å². The summed E-state index contributed by atoms with van der Waals surface area (Å²) in [6.07, 6.45) is 5.23. The fourth-order valence-corrected chi connectivity index (χ4v) is 5.22. The number of para-hydroxylation sites is 1. The maximum absolute atomic E-state index is 13.2. The molecule has 136 valence electrons. The average Bonchev–Trinajstić information content (AvgIpc) is 3.08. The van der Waals surface area contributed by atoms with Crippen LogP contribution in [-0.4, -0.2) is 46.9 Å². The van der Waals surface area contributed by atoms with Crippen molar-refractivity contribution in [3.8, 4) is 0 Å². The van der Waals surface area contributed by atoms with Crippen LogP contribution in [0.5, 0.6) is 0 Å². The van der Waals surface area contributed by atoms with E-state index in [1.807, 2.05) is 48.1 Å². The third-order valence-electron chi connectivity index (χ3n) is 4.76. The van der Waals surface area contributed by atoms with E-state index in [1.54, 1.807) is 16.7 Å².